The lowest BCUT2D eigenvalue weighted by atomic mass is 10.0. The predicted octanol–water partition coefficient (Wildman–Crippen LogP) is 4.37. The highest BCUT2D eigenvalue weighted by Crippen LogP contribution is 2.33. The summed E-state index contributed by atoms with van der Waals surface area (Å²) >= 11 is 0. The lowest BCUT2D eigenvalue weighted by Crippen LogP contribution is -2.30. The fourth-order valence-corrected chi connectivity index (χ4v) is 4.16. The minimum atomic E-state index is -0.0226. The Labute approximate surface area is 159 Å². The van der Waals surface area contributed by atoms with E-state index in [4.69, 9.17) is 0 Å². The molecule has 3 aromatic rings. The van der Waals surface area contributed by atoms with Crippen LogP contribution in [0, 0.1) is 0 Å². The van der Waals surface area contributed by atoms with E-state index in [-0.39, 0.29) is 5.91 Å². The molecule has 0 radical (unpaired) electrons. The van der Waals surface area contributed by atoms with Gasteiger partial charge in [0.1, 0.15) is 5.69 Å². The van der Waals surface area contributed by atoms with Crippen LogP contribution in [0.4, 0.5) is 17.1 Å². The second-order valence-electron chi connectivity index (χ2n) is 7.12. The Balaban J connectivity index is 1.41. The van der Waals surface area contributed by atoms with Gasteiger partial charge in [0, 0.05) is 24.5 Å². The summed E-state index contributed by atoms with van der Waals surface area (Å²) in [7, 11) is 0. The molecule has 5 rings (SSSR count). The highest BCUT2D eigenvalue weighted by Gasteiger charge is 2.26. The number of anilines is 3. The number of carbonyl (C=O) groups is 1. The number of para-hydroxylation sites is 2. The van der Waals surface area contributed by atoms with E-state index in [2.05, 4.69) is 40.2 Å². The summed E-state index contributed by atoms with van der Waals surface area (Å²) in [6, 6.07) is 20.5. The molecule has 2 aliphatic rings. The first-order chi connectivity index (χ1) is 13.3. The van der Waals surface area contributed by atoms with Gasteiger partial charge < -0.3 is 9.80 Å². The molecule has 2 aromatic carbocycles. The average Bonchev–Trinajstić information content (AvgIpc) is 3.17. The second kappa shape index (κ2) is 6.54. The van der Waals surface area contributed by atoms with Gasteiger partial charge in [-0.05, 0) is 54.7 Å². The maximum Gasteiger partial charge on any atom is 0.276 e. The highest BCUT2D eigenvalue weighted by atomic mass is 16.2. The van der Waals surface area contributed by atoms with Gasteiger partial charge in [0.05, 0.1) is 11.9 Å². The zero-order valence-corrected chi connectivity index (χ0v) is 15.1. The van der Waals surface area contributed by atoms with Crippen molar-refractivity contribution in [2.45, 2.75) is 19.3 Å². The quantitative estimate of drug-likeness (QED) is 0.685. The van der Waals surface area contributed by atoms with Crippen molar-refractivity contribution in [3.05, 3.63) is 83.7 Å². The molecule has 0 saturated heterocycles. The Morgan fingerprint density at radius 1 is 0.815 bits per heavy atom. The molecule has 4 nitrogen and oxygen atoms in total. The van der Waals surface area contributed by atoms with E-state index in [1.165, 1.54) is 16.8 Å². The Hall–Kier alpha value is -3.14. The van der Waals surface area contributed by atoms with Crippen LogP contribution < -0.4 is 9.80 Å². The summed E-state index contributed by atoms with van der Waals surface area (Å²) in [6.07, 6.45) is 4.98. The summed E-state index contributed by atoms with van der Waals surface area (Å²) in [5.74, 6) is -0.0226. The molecule has 0 fully saturated rings. The third kappa shape index (κ3) is 2.78. The molecule has 4 heteroatoms. The van der Waals surface area contributed by atoms with Gasteiger partial charge in [-0.25, -0.2) is 4.98 Å². The number of nitrogens with zero attached hydrogens (tertiary/aromatic N) is 3. The molecule has 0 spiro atoms. The summed E-state index contributed by atoms with van der Waals surface area (Å²) < 4.78 is 0. The van der Waals surface area contributed by atoms with Gasteiger partial charge in [-0.1, -0.05) is 36.4 Å². The van der Waals surface area contributed by atoms with Crippen LogP contribution in [0.15, 0.2) is 66.9 Å². The molecular formula is C23H21N3O. The van der Waals surface area contributed by atoms with Crippen LogP contribution in [0.25, 0.3) is 0 Å². The zero-order valence-electron chi connectivity index (χ0n) is 15.1. The number of benzene rings is 2. The smallest absolute Gasteiger partial charge is 0.276 e. The number of amides is 1. The van der Waals surface area contributed by atoms with E-state index in [0.717, 1.165) is 43.7 Å². The Bertz CT molecular complexity index is 997. The van der Waals surface area contributed by atoms with Crippen molar-refractivity contribution in [1.82, 2.24) is 4.98 Å². The van der Waals surface area contributed by atoms with E-state index in [9.17, 15) is 4.79 Å². The molecule has 0 atom stereocenters. The van der Waals surface area contributed by atoms with E-state index < -0.39 is 0 Å². The van der Waals surface area contributed by atoms with Crippen molar-refractivity contribution in [2.75, 3.05) is 22.9 Å². The van der Waals surface area contributed by atoms with Gasteiger partial charge in [-0.15, -0.1) is 0 Å². The Kier molecular flexibility index (Phi) is 3.89. The summed E-state index contributed by atoms with van der Waals surface area (Å²) in [6.45, 7) is 1.70. The van der Waals surface area contributed by atoms with Crippen LogP contribution in [-0.4, -0.2) is 24.0 Å². The maximum atomic E-state index is 12.9. The van der Waals surface area contributed by atoms with Crippen molar-refractivity contribution >= 4 is 23.0 Å². The molecule has 0 N–H and O–H groups in total. The average molecular weight is 355 g/mol. The van der Waals surface area contributed by atoms with Gasteiger partial charge in [0.15, 0.2) is 0 Å². The first-order valence-electron chi connectivity index (χ1n) is 9.52. The van der Waals surface area contributed by atoms with Crippen LogP contribution in [0.2, 0.25) is 0 Å². The predicted molar refractivity (Wildman–Crippen MR) is 108 cm³/mol. The van der Waals surface area contributed by atoms with E-state index in [1.807, 2.05) is 41.4 Å². The number of aryl methyl sites for hydroxylation is 1. The van der Waals surface area contributed by atoms with E-state index in [1.54, 1.807) is 0 Å². The molecule has 0 aliphatic carbocycles. The first-order valence-corrected chi connectivity index (χ1v) is 9.52. The number of hydrogen-bond acceptors (Lipinski definition) is 3. The van der Waals surface area contributed by atoms with Gasteiger partial charge in [0.2, 0.25) is 0 Å². The van der Waals surface area contributed by atoms with Gasteiger partial charge in [-0.2, -0.15) is 0 Å². The molecule has 0 saturated carbocycles. The standard InChI is InChI=1S/C23H21N3O/c27-23(26-15-13-18-7-2-4-10-22(18)26)20-12-11-19(16-24-20)25-14-5-8-17-6-1-3-9-21(17)25/h1-4,6-7,9-12,16H,5,8,13-15H2. The molecule has 3 heterocycles. The topological polar surface area (TPSA) is 36.4 Å². The Morgan fingerprint density at radius 3 is 2.33 bits per heavy atom. The third-order valence-corrected chi connectivity index (χ3v) is 5.52. The van der Waals surface area contributed by atoms with Crippen LogP contribution in [-0.2, 0) is 12.8 Å². The van der Waals surface area contributed by atoms with Crippen molar-refractivity contribution in [2.24, 2.45) is 0 Å². The van der Waals surface area contributed by atoms with Crippen molar-refractivity contribution in [3.8, 4) is 0 Å². The highest BCUT2D eigenvalue weighted by molar-refractivity contribution is 6.06. The fraction of sp³-hybridized carbons (Fsp3) is 0.217. The van der Waals surface area contributed by atoms with Crippen molar-refractivity contribution in [1.29, 1.82) is 0 Å². The number of hydrogen-bond donors (Lipinski definition) is 0. The molecule has 1 aromatic heterocycles. The van der Waals surface area contributed by atoms with Crippen LogP contribution in [0.5, 0.6) is 0 Å². The molecule has 0 unspecified atom stereocenters. The minimum Gasteiger partial charge on any atom is -0.340 e. The molecule has 0 bridgehead atoms. The Morgan fingerprint density at radius 2 is 1.56 bits per heavy atom. The summed E-state index contributed by atoms with van der Waals surface area (Å²) in [5.41, 5.74) is 6.41. The molecule has 134 valence electrons. The van der Waals surface area contributed by atoms with E-state index >= 15 is 0 Å². The zero-order chi connectivity index (χ0) is 18.2. The normalized spacial score (nSPS) is 15.4. The second-order valence-corrected chi connectivity index (χ2v) is 7.12. The number of aromatic nitrogens is 1. The third-order valence-electron chi connectivity index (χ3n) is 5.52. The van der Waals surface area contributed by atoms with E-state index in [0.29, 0.717) is 5.69 Å². The molecule has 1 amide bonds. The summed E-state index contributed by atoms with van der Waals surface area (Å²) in [5, 5.41) is 0. The lowest BCUT2D eigenvalue weighted by molar-refractivity contribution is 0.0984. The monoisotopic (exact) mass is 355 g/mol. The van der Waals surface area contributed by atoms with Crippen LogP contribution in [0.3, 0.4) is 0 Å². The minimum absolute atomic E-state index is 0.0226. The largest absolute Gasteiger partial charge is 0.340 e. The number of pyridine rings is 1. The van der Waals surface area contributed by atoms with Gasteiger partial charge >= 0.3 is 0 Å². The number of rotatable bonds is 2. The molecular weight excluding hydrogens is 334 g/mol. The van der Waals surface area contributed by atoms with Crippen molar-refractivity contribution in [3.63, 3.8) is 0 Å². The SMILES string of the molecule is O=C(c1ccc(N2CCCc3ccccc32)cn1)N1CCc2ccccc21. The lowest BCUT2D eigenvalue weighted by Gasteiger charge is -2.31. The maximum absolute atomic E-state index is 12.9. The van der Waals surface area contributed by atoms with Gasteiger partial charge in [0.25, 0.3) is 5.91 Å². The molecule has 2 aliphatic heterocycles. The summed E-state index contributed by atoms with van der Waals surface area (Å²) in [4.78, 5) is 21.6. The molecule has 27 heavy (non-hydrogen) atoms. The van der Waals surface area contributed by atoms with Crippen LogP contribution in [0.1, 0.15) is 28.0 Å². The van der Waals surface area contributed by atoms with Crippen molar-refractivity contribution < 1.29 is 4.79 Å². The fourth-order valence-electron chi connectivity index (χ4n) is 4.16. The number of carbonyl (C=O) groups excluding carboxylic acids is 1. The van der Waals surface area contributed by atoms with Gasteiger partial charge in [-0.3, -0.25) is 4.79 Å². The van der Waals surface area contributed by atoms with Crippen LogP contribution >= 0.6 is 0 Å². The number of fused-ring (bicyclic) bond motifs is 2. The first kappa shape index (κ1) is 16.1.